The summed E-state index contributed by atoms with van der Waals surface area (Å²) >= 11 is 3.18. The number of hydrogen-bond acceptors (Lipinski definition) is 5. The quantitative estimate of drug-likeness (QED) is 0.450. The Bertz CT molecular complexity index is 834. The average molecular weight is 403 g/mol. The van der Waals surface area contributed by atoms with Crippen molar-refractivity contribution in [2.24, 2.45) is 0 Å². The molecule has 3 nitrogen and oxygen atoms in total. The van der Waals surface area contributed by atoms with E-state index in [2.05, 4.69) is 29.8 Å². The Kier molecular flexibility index (Phi) is 7.26. The van der Waals surface area contributed by atoms with Crippen LogP contribution in [-0.2, 0) is 0 Å². The van der Waals surface area contributed by atoms with Gasteiger partial charge in [0, 0.05) is 27.9 Å². The van der Waals surface area contributed by atoms with Gasteiger partial charge in [-0.15, -0.1) is 11.3 Å². The minimum absolute atomic E-state index is 0.229. The van der Waals surface area contributed by atoms with E-state index in [1.165, 1.54) is 12.1 Å². The second-order valence-electron chi connectivity index (χ2n) is 5.90. The second kappa shape index (κ2) is 9.88. The van der Waals surface area contributed by atoms with E-state index in [9.17, 15) is 4.39 Å². The molecule has 0 aliphatic heterocycles. The van der Waals surface area contributed by atoms with Gasteiger partial charge in [0.2, 0.25) is 0 Å². The van der Waals surface area contributed by atoms with Gasteiger partial charge in [0.15, 0.2) is 0 Å². The molecule has 0 atom stereocenters. The zero-order valence-corrected chi connectivity index (χ0v) is 17.2. The molecule has 0 aliphatic carbocycles. The zero-order valence-electron chi connectivity index (χ0n) is 15.5. The van der Waals surface area contributed by atoms with Gasteiger partial charge in [-0.3, -0.25) is 0 Å². The topological polar surface area (TPSA) is 25.4 Å². The Hall–Kier alpha value is -1.89. The first-order valence-corrected chi connectivity index (χ1v) is 10.7. The predicted octanol–water partition coefficient (Wildman–Crippen LogP) is 5.82. The van der Waals surface area contributed by atoms with Gasteiger partial charge in [-0.1, -0.05) is 31.7 Å². The van der Waals surface area contributed by atoms with Crippen LogP contribution in [0.2, 0.25) is 0 Å². The highest BCUT2D eigenvalue weighted by molar-refractivity contribution is 7.99. The molecule has 3 aromatic rings. The van der Waals surface area contributed by atoms with Crippen LogP contribution in [0.25, 0.3) is 10.6 Å². The molecule has 1 aromatic heterocycles. The number of thiazole rings is 1. The van der Waals surface area contributed by atoms with E-state index >= 15 is 0 Å². The Labute approximate surface area is 168 Å². The monoisotopic (exact) mass is 402 g/mol. The molecule has 0 amide bonds. The number of aromatic nitrogens is 1. The molecule has 3 rings (SSSR count). The lowest BCUT2D eigenvalue weighted by Crippen LogP contribution is -2.28. The van der Waals surface area contributed by atoms with Crippen LogP contribution in [0, 0.1) is 5.82 Å². The number of nitrogens with zero attached hydrogens (tertiary/aromatic N) is 2. The zero-order chi connectivity index (χ0) is 19.1. The maximum atomic E-state index is 13.2. The molecule has 0 radical (unpaired) electrons. The van der Waals surface area contributed by atoms with Crippen LogP contribution < -0.4 is 4.74 Å². The standard InChI is InChI=1S/C21H23FN2OS2/c1-3-24(4-2)13-14-25-18-6-5-7-19(20(18)21-23-12-15-26-21)27-17-10-8-16(22)9-11-17/h5-12,15H,3-4,13-14H2,1-2H3. The molecule has 1 heterocycles. The molecule has 0 bridgehead atoms. The Morgan fingerprint density at radius 3 is 2.56 bits per heavy atom. The number of likely N-dealkylation sites (N-methyl/N-ethyl adjacent to an activating group) is 1. The summed E-state index contributed by atoms with van der Waals surface area (Å²) in [6.07, 6.45) is 1.80. The molecule has 0 saturated carbocycles. The molecular weight excluding hydrogens is 379 g/mol. The summed E-state index contributed by atoms with van der Waals surface area (Å²) < 4.78 is 19.4. The van der Waals surface area contributed by atoms with E-state index in [1.54, 1.807) is 41.4 Å². The lowest BCUT2D eigenvalue weighted by molar-refractivity contribution is 0.223. The van der Waals surface area contributed by atoms with Gasteiger partial charge < -0.3 is 9.64 Å². The minimum atomic E-state index is -0.229. The highest BCUT2D eigenvalue weighted by Gasteiger charge is 2.16. The van der Waals surface area contributed by atoms with Crippen molar-refractivity contribution in [2.75, 3.05) is 26.2 Å². The van der Waals surface area contributed by atoms with E-state index < -0.39 is 0 Å². The van der Waals surface area contributed by atoms with E-state index in [1.807, 2.05) is 17.5 Å². The molecule has 0 spiro atoms. The summed E-state index contributed by atoms with van der Waals surface area (Å²) in [4.78, 5) is 8.86. The van der Waals surface area contributed by atoms with Crippen molar-refractivity contribution >= 4 is 23.1 Å². The van der Waals surface area contributed by atoms with Gasteiger partial charge >= 0.3 is 0 Å². The van der Waals surface area contributed by atoms with Gasteiger partial charge in [-0.25, -0.2) is 9.37 Å². The van der Waals surface area contributed by atoms with E-state index in [0.29, 0.717) is 6.61 Å². The molecule has 142 valence electrons. The van der Waals surface area contributed by atoms with Gasteiger partial charge in [-0.2, -0.15) is 0 Å². The highest BCUT2D eigenvalue weighted by Crippen LogP contribution is 2.42. The van der Waals surface area contributed by atoms with Crippen molar-refractivity contribution in [3.05, 3.63) is 59.9 Å². The van der Waals surface area contributed by atoms with E-state index in [4.69, 9.17) is 4.74 Å². The predicted molar refractivity (Wildman–Crippen MR) is 111 cm³/mol. The Balaban J connectivity index is 1.86. The number of ether oxygens (including phenoxy) is 1. The normalized spacial score (nSPS) is 11.1. The lowest BCUT2D eigenvalue weighted by Gasteiger charge is -2.19. The maximum absolute atomic E-state index is 13.2. The van der Waals surface area contributed by atoms with Gasteiger partial charge in [0.05, 0.1) is 5.56 Å². The third-order valence-corrected chi connectivity index (χ3v) is 6.09. The summed E-state index contributed by atoms with van der Waals surface area (Å²) in [6.45, 7) is 7.86. The summed E-state index contributed by atoms with van der Waals surface area (Å²) in [6, 6.07) is 12.6. The number of rotatable bonds is 9. The van der Waals surface area contributed by atoms with Crippen LogP contribution in [0.15, 0.2) is 63.8 Å². The number of halogens is 1. The fourth-order valence-electron chi connectivity index (χ4n) is 2.73. The van der Waals surface area contributed by atoms with Crippen LogP contribution in [0.4, 0.5) is 4.39 Å². The second-order valence-corrected chi connectivity index (χ2v) is 7.91. The van der Waals surface area contributed by atoms with Gasteiger partial charge in [0.1, 0.15) is 23.2 Å². The molecular formula is C21H23FN2OS2. The first kappa shape index (κ1) is 19.9. The average Bonchev–Trinajstić information content (AvgIpc) is 3.21. The molecule has 0 saturated heterocycles. The van der Waals surface area contributed by atoms with Crippen LogP contribution >= 0.6 is 23.1 Å². The molecule has 0 fully saturated rings. The molecule has 6 heteroatoms. The molecule has 0 aliphatic rings. The van der Waals surface area contributed by atoms with Gasteiger partial charge in [0.25, 0.3) is 0 Å². The Morgan fingerprint density at radius 1 is 1.11 bits per heavy atom. The SMILES string of the molecule is CCN(CC)CCOc1cccc(Sc2ccc(F)cc2)c1-c1nccs1. The molecule has 0 unspecified atom stereocenters. The van der Waals surface area contributed by atoms with Crippen molar-refractivity contribution in [3.63, 3.8) is 0 Å². The van der Waals surface area contributed by atoms with Crippen LogP contribution in [0.1, 0.15) is 13.8 Å². The summed E-state index contributed by atoms with van der Waals surface area (Å²) in [5.41, 5.74) is 1.00. The summed E-state index contributed by atoms with van der Waals surface area (Å²) in [7, 11) is 0. The van der Waals surface area contributed by atoms with Gasteiger partial charge in [-0.05, 0) is 49.5 Å². The molecule has 27 heavy (non-hydrogen) atoms. The minimum Gasteiger partial charge on any atom is -0.491 e. The fourth-order valence-corrected chi connectivity index (χ4v) is 4.47. The lowest BCUT2D eigenvalue weighted by atomic mass is 10.2. The third-order valence-electron chi connectivity index (χ3n) is 4.24. The number of benzene rings is 2. The summed E-state index contributed by atoms with van der Waals surface area (Å²) in [5, 5.41) is 2.90. The Morgan fingerprint density at radius 2 is 1.89 bits per heavy atom. The number of hydrogen-bond donors (Lipinski definition) is 0. The fraction of sp³-hybridized carbons (Fsp3) is 0.286. The third kappa shape index (κ3) is 5.31. The van der Waals surface area contributed by atoms with Crippen molar-refractivity contribution < 1.29 is 9.13 Å². The van der Waals surface area contributed by atoms with E-state index in [0.717, 1.165) is 45.7 Å². The largest absolute Gasteiger partial charge is 0.491 e. The smallest absolute Gasteiger partial charge is 0.130 e. The van der Waals surface area contributed by atoms with Crippen LogP contribution in [0.3, 0.4) is 0 Å². The van der Waals surface area contributed by atoms with Crippen LogP contribution in [-0.4, -0.2) is 36.1 Å². The maximum Gasteiger partial charge on any atom is 0.130 e. The van der Waals surface area contributed by atoms with E-state index in [-0.39, 0.29) is 5.82 Å². The first-order chi connectivity index (χ1) is 13.2. The van der Waals surface area contributed by atoms with Crippen molar-refractivity contribution in [1.29, 1.82) is 0 Å². The van der Waals surface area contributed by atoms with Crippen LogP contribution in [0.5, 0.6) is 5.75 Å². The van der Waals surface area contributed by atoms with Crippen molar-refractivity contribution in [1.82, 2.24) is 9.88 Å². The first-order valence-electron chi connectivity index (χ1n) is 9.02. The highest BCUT2D eigenvalue weighted by atomic mass is 32.2. The molecule has 0 N–H and O–H groups in total. The van der Waals surface area contributed by atoms with Crippen molar-refractivity contribution in [2.45, 2.75) is 23.6 Å². The molecule has 2 aromatic carbocycles. The van der Waals surface area contributed by atoms with Crippen molar-refractivity contribution in [3.8, 4) is 16.3 Å². The summed E-state index contributed by atoms with van der Waals surface area (Å²) in [5.74, 6) is 0.609.